The van der Waals surface area contributed by atoms with Crippen LogP contribution in [0.25, 0.3) is 22.2 Å². The first kappa shape index (κ1) is 36.6. The van der Waals surface area contributed by atoms with E-state index < -0.39 is 45.4 Å². The summed E-state index contributed by atoms with van der Waals surface area (Å²) in [6.07, 6.45) is 5.49. The first-order valence-corrected chi connectivity index (χ1v) is 19.4. The first-order chi connectivity index (χ1) is 26.0. The van der Waals surface area contributed by atoms with Gasteiger partial charge in [-0.2, -0.15) is 0 Å². The molecule has 7 rings (SSSR count). The number of fused-ring (bicyclic) bond motifs is 3. The number of hydrogen-bond donors (Lipinski definition) is 3. The van der Waals surface area contributed by atoms with Crippen LogP contribution >= 0.6 is 0 Å². The summed E-state index contributed by atoms with van der Waals surface area (Å²) in [4.78, 5) is 59.6. The largest absolute Gasteiger partial charge is 0.497 e. The number of sulfonamides is 1. The predicted octanol–water partition coefficient (Wildman–Crippen LogP) is 4.73. The molecule has 13 nitrogen and oxygen atoms in total. The minimum Gasteiger partial charge on any atom is -0.497 e. The minimum absolute atomic E-state index is 0.0485. The summed E-state index contributed by atoms with van der Waals surface area (Å²) in [6, 6.07) is 21.8. The van der Waals surface area contributed by atoms with Crippen LogP contribution in [0.3, 0.4) is 0 Å². The lowest BCUT2D eigenvalue weighted by Gasteiger charge is -2.25. The van der Waals surface area contributed by atoms with Crippen molar-refractivity contribution in [2.24, 2.45) is 5.92 Å². The molecule has 3 heterocycles. The van der Waals surface area contributed by atoms with Gasteiger partial charge in [0.1, 0.15) is 34.1 Å². The fourth-order valence-electron chi connectivity index (χ4n) is 7.19. The molecule has 4 aromatic rings. The molecule has 1 aromatic heterocycles. The lowest BCUT2D eigenvalue weighted by molar-refractivity contribution is -0.138. The number of rotatable bonds is 6. The van der Waals surface area contributed by atoms with E-state index in [9.17, 15) is 27.6 Å². The molecule has 2 aliphatic heterocycles. The van der Waals surface area contributed by atoms with E-state index in [1.165, 1.54) is 30.0 Å². The molecule has 0 bridgehead atoms. The van der Waals surface area contributed by atoms with E-state index >= 15 is 0 Å². The number of para-hydroxylation sites is 1. The number of anilines is 1. The Balaban J connectivity index is 1.15. The Kier molecular flexibility index (Phi) is 10.1. The Morgan fingerprint density at radius 1 is 1.00 bits per heavy atom. The average Bonchev–Trinajstić information content (AvgIpc) is 3.68. The van der Waals surface area contributed by atoms with Gasteiger partial charge in [0.05, 0.1) is 30.6 Å². The highest BCUT2D eigenvalue weighted by Gasteiger charge is 2.61. The number of carbonyl (C=O) groups is 4. The van der Waals surface area contributed by atoms with Crippen LogP contribution in [0.1, 0.15) is 45.4 Å². The molecular formula is C40H41N5O8S. The number of carbonyl (C=O) groups excluding carboxylic acids is 4. The van der Waals surface area contributed by atoms with Gasteiger partial charge in [-0.15, -0.1) is 0 Å². The lowest BCUT2D eigenvalue weighted by Crippen LogP contribution is -2.56. The zero-order valence-electron chi connectivity index (χ0n) is 29.9. The van der Waals surface area contributed by atoms with Gasteiger partial charge in [0, 0.05) is 48.8 Å². The summed E-state index contributed by atoms with van der Waals surface area (Å²) in [5, 5.41) is 6.22. The number of methoxy groups -OCH3 is 1. The Bertz CT molecular complexity index is 2260. The highest BCUT2D eigenvalue weighted by Crippen LogP contribution is 2.46. The van der Waals surface area contributed by atoms with Crippen LogP contribution in [0.4, 0.5) is 5.69 Å². The predicted molar refractivity (Wildman–Crippen MR) is 201 cm³/mol. The molecule has 3 aromatic carbocycles. The minimum atomic E-state index is -4.47. The van der Waals surface area contributed by atoms with Gasteiger partial charge < -0.3 is 25.0 Å². The summed E-state index contributed by atoms with van der Waals surface area (Å²) in [5.41, 5.74) is 0.659. The van der Waals surface area contributed by atoms with Gasteiger partial charge in [-0.25, -0.2) is 18.1 Å². The van der Waals surface area contributed by atoms with Gasteiger partial charge in [-0.05, 0) is 49.9 Å². The quantitative estimate of drug-likeness (QED) is 0.236. The molecule has 54 heavy (non-hydrogen) atoms. The van der Waals surface area contributed by atoms with Crippen molar-refractivity contribution < 1.29 is 37.1 Å². The topological polar surface area (TPSA) is 173 Å². The molecule has 4 amide bonds. The molecule has 1 saturated carbocycles. The van der Waals surface area contributed by atoms with Crippen molar-refractivity contribution >= 4 is 50.2 Å². The van der Waals surface area contributed by atoms with Gasteiger partial charge in [0.2, 0.25) is 17.7 Å². The first-order valence-electron chi connectivity index (χ1n) is 17.9. The number of amides is 4. The number of nitrogens with zero attached hydrogens (tertiary/aromatic N) is 2. The SMILES string of the molecule is COc1ccc2c(O[C@@H]3C[C@@H](C(=O)N[C@]45C[C@H]4/C=C/CCCCC(=O)Nc4ccccc4S(=O)(=O)NC5=O)N(C(C)=O)C3)cc(-c3ccccc3)nc2c1. The van der Waals surface area contributed by atoms with Crippen molar-refractivity contribution in [1.29, 1.82) is 0 Å². The second-order valence-electron chi connectivity index (χ2n) is 13.8. The van der Waals surface area contributed by atoms with Crippen LogP contribution in [0.15, 0.2) is 95.9 Å². The number of likely N-dealkylation sites (tertiary alicyclic amines) is 1. The van der Waals surface area contributed by atoms with E-state index in [0.29, 0.717) is 42.0 Å². The number of aromatic nitrogens is 1. The Hall–Kier alpha value is -5.76. The number of pyridine rings is 1. The molecule has 1 aliphatic carbocycles. The maximum absolute atomic E-state index is 14.2. The summed E-state index contributed by atoms with van der Waals surface area (Å²) in [6.45, 7) is 1.47. The van der Waals surface area contributed by atoms with Crippen LogP contribution in [-0.4, -0.2) is 73.3 Å². The third kappa shape index (κ3) is 7.51. The third-order valence-corrected chi connectivity index (χ3v) is 11.5. The molecule has 0 spiro atoms. The van der Waals surface area contributed by atoms with Crippen molar-refractivity contribution in [3.63, 3.8) is 0 Å². The van der Waals surface area contributed by atoms with Gasteiger partial charge in [0.25, 0.3) is 15.9 Å². The maximum Gasteiger partial charge on any atom is 0.266 e. The van der Waals surface area contributed by atoms with E-state index in [-0.39, 0.29) is 48.2 Å². The van der Waals surface area contributed by atoms with E-state index in [4.69, 9.17) is 14.5 Å². The van der Waals surface area contributed by atoms with Crippen molar-refractivity contribution in [1.82, 2.24) is 19.9 Å². The van der Waals surface area contributed by atoms with Crippen LogP contribution < -0.4 is 24.8 Å². The molecule has 280 valence electrons. The lowest BCUT2D eigenvalue weighted by atomic mass is 10.1. The smallest absolute Gasteiger partial charge is 0.266 e. The molecular weight excluding hydrogens is 711 g/mol. The zero-order chi connectivity index (χ0) is 38.0. The average molecular weight is 752 g/mol. The van der Waals surface area contributed by atoms with Crippen molar-refractivity contribution in [2.45, 2.75) is 68.0 Å². The fraction of sp³-hybridized carbons (Fsp3) is 0.325. The second kappa shape index (κ2) is 14.9. The molecule has 14 heteroatoms. The Morgan fingerprint density at radius 2 is 1.78 bits per heavy atom. The van der Waals surface area contributed by atoms with E-state index in [1.54, 1.807) is 25.3 Å². The molecule has 3 N–H and O–H groups in total. The molecule has 2 fully saturated rings. The summed E-state index contributed by atoms with van der Waals surface area (Å²) in [7, 11) is -2.90. The summed E-state index contributed by atoms with van der Waals surface area (Å²) >= 11 is 0. The van der Waals surface area contributed by atoms with Gasteiger partial charge in [0.15, 0.2) is 0 Å². The van der Waals surface area contributed by atoms with Crippen LogP contribution in [0.5, 0.6) is 11.5 Å². The van der Waals surface area contributed by atoms with E-state index in [2.05, 4.69) is 15.4 Å². The van der Waals surface area contributed by atoms with Gasteiger partial charge in [-0.3, -0.25) is 19.2 Å². The van der Waals surface area contributed by atoms with Crippen LogP contribution in [0.2, 0.25) is 0 Å². The number of benzene rings is 3. The number of ether oxygens (including phenoxy) is 2. The molecule has 0 radical (unpaired) electrons. The van der Waals surface area contributed by atoms with Gasteiger partial charge in [-0.1, -0.05) is 54.6 Å². The van der Waals surface area contributed by atoms with E-state index in [0.717, 1.165) is 10.9 Å². The molecule has 3 aliphatic rings. The highest BCUT2D eigenvalue weighted by molar-refractivity contribution is 7.90. The zero-order valence-corrected chi connectivity index (χ0v) is 30.7. The summed E-state index contributed by atoms with van der Waals surface area (Å²) in [5.74, 6) is -1.54. The highest BCUT2D eigenvalue weighted by atomic mass is 32.2. The van der Waals surface area contributed by atoms with Crippen LogP contribution in [-0.2, 0) is 29.2 Å². The number of allylic oxidation sites excluding steroid dienone is 1. The molecule has 1 saturated heterocycles. The van der Waals surface area contributed by atoms with Crippen molar-refractivity contribution in [3.05, 3.63) is 91.0 Å². The van der Waals surface area contributed by atoms with Crippen molar-refractivity contribution in [2.75, 3.05) is 19.0 Å². The Labute approximate surface area is 313 Å². The second-order valence-corrected chi connectivity index (χ2v) is 15.5. The van der Waals surface area contributed by atoms with Crippen LogP contribution in [0, 0.1) is 5.92 Å². The van der Waals surface area contributed by atoms with Crippen molar-refractivity contribution in [3.8, 4) is 22.8 Å². The molecule has 4 atom stereocenters. The Morgan fingerprint density at radius 3 is 2.56 bits per heavy atom. The number of nitrogens with one attached hydrogen (secondary N) is 3. The standard InChI is InChI=1S/C40H41N5O8S/c1-25(46)45-24-29(53-35-22-32(26-12-6-5-7-13-26)41-33-20-28(52-2)18-19-30(33)35)21-34(45)38(48)43-40-23-27(40)14-8-3-4-9-17-37(47)42-31-15-10-11-16-36(31)54(50,51)44-39(40)49/h5-8,10-16,18-20,22,27,29,34H,3-4,9,17,21,23-24H2,1-2H3,(H,42,47)(H,43,48)(H,44,49)/b14-8+/t27-,29-,34+,40-/m1/s1. The number of hydrogen-bond acceptors (Lipinski definition) is 9. The monoisotopic (exact) mass is 751 g/mol. The summed E-state index contributed by atoms with van der Waals surface area (Å²) < 4.78 is 41.4. The van der Waals surface area contributed by atoms with E-state index in [1.807, 2.05) is 54.6 Å². The third-order valence-electron chi connectivity index (χ3n) is 10.1. The maximum atomic E-state index is 14.2. The fourth-order valence-corrected chi connectivity index (χ4v) is 8.40. The molecule has 0 unspecified atom stereocenters. The normalized spacial score (nSPS) is 24.4. The van der Waals surface area contributed by atoms with Gasteiger partial charge >= 0.3 is 0 Å².